The van der Waals surface area contributed by atoms with E-state index in [1.165, 1.54) is 0 Å². The predicted molar refractivity (Wildman–Crippen MR) is 107 cm³/mol. The second-order valence-electron chi connectivity index (χ2n) is 5.81. The van der Waals surface area contributed by atoms with Crippen molar-refractivity contribution in [3.8, 4) is 11.5 Å². The van der Waals surface area contributed by atoms with Gasteiger partial charge in [-0.25, -0.2) is 0 Å². The highest BCUT2D eigenvalue weighted by atomic mass is 35.5. The van der Waals surface area contributed by atoms with Crippen LogP contribution in [0.3, 0.4) is 0 Å². The number of halogens is 3. The van der Waals surface area contributed by atoms with Gasteiger partial charge >= 0.3 is 0 Å². The molecule has 2 aromatic carbocycles. The molecule has 2 rings (SSSR count). The molecule has 1 atom stereocenters. The van der Waals surface area contributed by atoms with Gasteiger partial charge in [0.05, 0.1) is 17.7 Å². The highest BCUT2D eigenvalue weighted by Gasteiger charge is 2.15. The van der Waals surface area contributed by atoms with Crippen LogP contribution in [-0.2, 0) is 13.2 Å². The monoisotopic (exact) mass is 417 g/mol. The van der Waals surface area contributed by atoms with Crippen molar-refractivity contribution in [1.29, 1.82) is 0 Å². The molecular formula is C19H22Cl3NO3. The fourth-order valence-electron chi connectivity index (χ4n) is 2.37. The van der Waals surface area contributed by atoms with Crippen LogP contribution in [0, 0.1) is 0 Å². The summed E-state index contributed by atoms with van der Waals surface area (Å²) in [4.78, 5) is 0. The number of nitrogens with one attached hydrogen (secondary N) is 1. The molecule has 0 saturated carbocycles. The van der Waals surface area contributed by atoms with Crippen LogP contribution in [0.5, 0.6) is 11.5 Å². The van der Waals surface area contributed by atoms with E-state index in [1.807, 2.05) is 19.1 Å². The lowest BCUT2D eigenvalue weighted by atomic mass is 10.2. The maximum atomic E-state index is 9.34. The third-order valence-electron chi connectivity index (χ3n) is 3.56. The summed E-state index contributed by atoms with van der Waals surface area (Å²) >= 11 is 18.8. The second kappa shape index (κ2) is 10.2. The molecule has 0 saturated heterocycles. The standard InChI is InChI=1S/C19H22Cl3NO3/c1-3-25-18-8-13(10-23-9-12(2)24)7-17(22)19(18)26-11-14-15(20)5-4-6-16(14)21/h4-8,12,23-24H,3,9-11H2,1-2H3. The lowest BCUT2D eigenvalue weighted by Gasteiger charge is -2.16. The molecule has 0 spiro atoms. The molecule has 26 heavy (non-hydrogen) atoms. The summed E-state index contributed by atoms with van der Waals surface area (Å²) in [7, 11) is 0. The van der Waals surface area contributed by atoms with Crippen molar-refractivity contribution in [3.05, 3.63) is 56.5 Å². The van der Waals surface area contributed by atoms with E-state index < -0.39 is 6.10 Å². The SMILES string of the molecule is CCOc1cc(CNCC(C)O)cc(Cl)c1OCc1c(Cl)cccc1Cl. The maximum Gasteiger partial charge on any atom is 0.180 e. The van der Waals surface area contributed by atoms with Crippen LogP contribution in [0.4, 0.5) is 0 Å². The van der Waals surface area contributed by atoms with Gasteiger partial charge in [0.25, 0.3) is 0 Å². The van der Waals surface area contributed by atoms with Gasteiger partial charge in [-0.15, -0.1) is 0 Å². The van der Waals surface area contributed by atoms with Gasteiger partial charge in [0.2, 0.25) is 0 Å². The van der Waals surface area contributed by atoms with Crippen molar-refractivity contribution in [3.63, 3.8) is 0 Å². The lowest BCUT2D eigenvalue weighted by molar-refractivity contribution is 0.191. The fraction of sp³-hybridized carbons (Fsp3) is 0.368. The van der Waals surface area contributed by atoms with Gasteiger partial charge in [-0.1, -0.05) is 40.9 Å². The Hall–Kier alpha value is -1.17. The molecule has 142 valence electrons. The van der Waals surface area contributed by atoms with E-state index in [4.69, 9.17) is 44.3 Å². The first kappa shape index (κ1) is 21.1. The van der Waals surface area contributed by atoms with Gasteiger partial charge in [0, 0.05) is 28.7 Å². The van der Waals surface area contributed by atoms with E-state index in [-0.39, 0.29) is 6.61 Å². The quantitative estimate of drug-likeness (QED) is 0.595. The molecule has 0 heterocycles. The van der Waals surface area contributed by atoms with Crippen LogP contribution in [0.1, 0.15) is 25.0 Å². The zero-order valence-electron chi connectivity index (χ0n) is 14.7. The zero-order valence-corrected chi connectivity index (χ0v) is 17.0. The fourth-order valence-corrected chi connectivity index (χ4v) is 3.16. The van der Waals surface area contributed by atoms with E-state index in [2.05, 4.69) is 5.32 Å². The Morgan fingerprint density at radius 1 is 1.08 bits per heavy atom. The average Bonchev–Trinajstić information content (AvgIpc) is 2.56. The van der Waals surface area contributed by atoms with Crippen LogP contribution in [0.2, 0.25) is 15.1 Å². The van der Waals surface area contributed by atoms with Crippen LogP contribution in [-0.4, -0.2) is 24.4 Å². The highest BCUT2D eigenvalue weighted by Crippen LogP contribution is 2.38. The van der Waals surface area contributed by atoms with Crippen molar-refractivity contribution in [2.45, 2.75) is 33.1 Å². The Morgan fingerprint density at radius 3 is 2.38 bits per heavy atom. The molecule has 0 aliphatic rings. The Kier molecular flexibility index (Phi) is 8.32. The number of aliphatic hydroxyl groups is 1. The predicted octanol–water partition coefficient (Wildman–Crippen LogP) is 5.09. The maximum absolute atomic E-state index is 9.34. The van der Waals surface area contributed by atoms with Crippen molar-refractivity contribution in [1.82, 2.24) is 5.32 Å². The number of rotatable bonds is 9. The van der Waals surface area contributed by atoms with Gasteiger partial charge < -0.3 is 19.9 Å². The molecule has 2 N–H and O–H groups in total. The van der Waals surface area contributed by atoms with Gasteiger partial charge in [0.15, 0.2) is 11.5 Å². The van der Waals surface area contributed by atoms with E-state index >= 15 is 0 Å². The molecule has 1 unspecified atom stereocenters. The number of hydrogen-bond acceptors (Lipinski definition) is 4. The first-order valence-electron chi connectivity index (χ1n) is 8.32. The van der Waals surface area contributed by atoms with Gasteiger partial charge in [0.1, 0.15) is 6.61 Å². The molecular weight excluding hydrogens is 397 g/mol. The topological polar surface area (TPSA) is 50.7 Å². The summed E-state index contributed by atoms with van der Waals surface area (Å²) < 4.78 is 11.6. The Bertz CT molecular complexity index is 718. The first-order valence-corrected chi connectivity index (χ1v) is 9.45. The lowest BCUT2D eigenvalue weighted by Crippen LogP contribution is -2.23. The minimum Gasteiger partial charge on any atom is -0.490 e. The van der Waals surface area contributed by atoms with E-state index in [0.717, 1.165) is 5.56 Å². The van der Waals surface area contributed by atoms with Crippen molar-refractivity contribution >= 4 is 34.8 Å². The van der Waals surface area contributed by atoms with Crippen LogP contribution in [0.15, 0.2) is 30.3 Å². The summed E-state index contributed by atoms with van der Waals surface area (Å²) in [5.74, 6) is 1.00. The molecule has 0 fully saturated rings. The molecule has 0 aliphatic carbocycles. The number of hydrogen-bond donors (Lipinski definition) is 2. The summed E-state index contributed by atoms with van der Waals surface area (Å²) in [6.07, 6.45) is -0.417. The smallest absolute Gasteiger partial charge is 0.180 e. The van der Waals surface area contributed by atoms with Crippen molar-refractivity contribution in [2.75, 3.05) is 13.2 Å². The minimum absolute atomic E-state index is 0.178. The Morgan fingerprint density at radius 2 is 1.77 bits per heavy atom. The summed E-state index contributed by atoms with van der Waals surface area (Å²) in [6, 6.07) is 8.97. The molecule has 4 nitrogen and oxygen atoms in total. The number of benzene rings is 2. The second-order valence-corrected chi connectivity index (χ2v) is 7.03. The van der Waals surface area contributed by atoms with E-state index in [9.17, 15) is 5.11 Å². The van der Waals surface area contributed by atoms with Gasteiger partial charge in [-0.3, -0.25) is 0 Å². The van der Waals surface area contributed by atoms with Crippen LogP contribution < -0.4 is 14.8 Å². The van der Waals surface area contributed by atoms with E-state index in [1.54, 1.807) is 25.1 Å². The largest absolute Gasteiger partial charge is 0.490 e. The third kappa shape index (κ3) is 5.93. The Balaban J connectivity index is 2.18. The van der Waals surface area contributed by atoms with E-state index in [0.29, 0.717) is 51.8 Å². The first-order chi connectivity index (χ1) is 12.4. The van der Waals surface area contributed by atoms with Gasteiger partial charge in [-0.2, -0.15) is 0 Å². The summed E-state index contributed by atoms with van der Waals surface area (Å²) in [5, 5.41) is 14.0. The minimum atomic E-state index is -0.417. The molecule has 0 radical (unpaired) electrons. The van der Waals surface area contributed by atoms with Gasteiger partial charge in [-0.05, 0) is 43.7 Å². The van der Waals surface area contributed by atoms with Crippen LogP contribution in [0.25, 0.3) is 0 Å². The number of ether oxygens (including phenoxy) is 2. The molecule has 0 aliphatic heterocycles. The Labute approximate surface area is 169 Å². The van der Waals surface area contributed by atoms with Crippen LogP contribution >= 0.6 is 34.8 Å². The molecule has 7 heteroatoms. The summed E-state index contributed by atoms with van der Waals surface area (Å²) in [6.45, 7) is 5.32. The summed E-state index contributed by atoms with van der Waals surface area (Å²) in [5.41, 5.74) is 1.62. The normalized spacial score (nSPS) is 12.1. The third-order valence-corrected chi connectivity index (χ3v) is 4.55. The molecule has 0 amide bonds. The molecule has 2 aromatic rings. The zero-order chi connectivity index (χ0) is 19.1. The molecule has 0 aromatic heterocycles. The number of aliphatic hydroxyl groups excluding tert-OH is 1. The highest BCUT2D eigenvalue weighted by molar-refractivity contribution is 6.36. The average molecular weight is 419 g/mol. The van der Waals surface area contributed by atoms with Crippen molar-refractivity contribution in [2.24, 2.45) is 0 Å². The molecule has 0 bridgehead atoms. The van der Waals surface area contributed by atoms with Crippen molar-refractivity contribution < 1.29 is 14.6 Å².